The second-order valence-electron chi connectivity index (χ2n) is 6.40. The number of urea groups is 1. The Morgan fingerprint density at radius 1 is 1.13 bits per heavy atom. The van der Waals surface area contributed by atoms with Gasteiger partial charge in [-0.15, -0.1) is 0 Å². The van der Waals surface area contributed by atoms with Crippen molar-refractivity contribution in [2.24, 2.45) is 5.92 Å². The summed E-state index contributed by atoms with van der Waals surface area (Å²) in [6.07, 6.45) is 0.644. The zero-order valence-corrected chi connectivity index (χ0v) is 13.5. The number of nitrogens with one attached hydrogen (secondary N) is 1. The molecule has 2 aliphatic heterocycles. The van der Waals surface area contributed by atoms with Gasteiger partial charge in [-0.3, -0.25) is 14.5 Å². The zero-order chi connectivity index (χ0) is 16.6. The van der Waals surface area contributed by atoms with E-state index in [0.717, 1.165) is 11.3 Å². The van der Waals surface area contributed by atoms with E-state index >= 15 is 0 Å². The molecule has 0 aromatic heterocycles. The van der Waals surface area contributed by atoms with E-state index in [9.17, 15) is 14.4 Å². The maximum absolute atomic E-state index is 12.2. The van der Waals surface area contributed by atoms with Crippen molar-refractivity contribution in [1.29, 1.82) is 0 Å². The van der Waals surface area contributed by atoms with Crippen LogP contribution >= 0.6 is 0 Å². The fourth-order valence-corrected chi connectivity index (χ4v) is 2.96. The Bertz CT molecular complexity index is 649. The standard InChI is InChI=1S/C17H21N3O3/c1-11-3-4-14(7-12(11)2)18-17(23)19-8-13(9-19)10-20-15(21)5-6-16(20)22/h3-4,7,13H,5-6,8-10H2,1-2H3,(H,18,23). The van der Waals surface area contributed by atoms with Gasteiger partial charge in [0.15, 0.2) is 0 Å². The predicted molar refractivity (Wildman–Crippen MR) is 86.0 cm³/mol. The first kappa shape index (κ1) is 15.5. The average Bonchev–Trinajstić information content (AvgIpc) is 2.77. The molecule has 0 atom stereocenters. The van der Waals surface area contributed by atoms with E-state index in [2.05, 4.69) is 5.32 Å². The van der Waals surface area contributed by atoms with Crippen molar-refractivity contribution < 1.29 is 14.4 Å². The molecular formula is C17H21N3O3. The lowest BCUT2D eigenvalue weighted by Gasteiger charge is -2.40. The Balaban J connectivity index is 1.49. The summed E-state index contributed by atoms with van der Waals surface area (Å²) < 4.78 is 0. The van der Waals surface area contributed by atoms with Crippen LogP contribution in [0.1, 0.15) is 24.0 Å². The molecule has 0 bridgehead atoms. The van der Waals surface area contributed by atoms with E-state index in [4.69, 9.17) is 0 Å². The third-order valence-corrected chi connectivity index (χ3v) is 4.60. The topological polar surface area (TPSA) is 69.7 Å². The molecule has 0 radical (unpaired) electrons. The largest absolute Gasteiger partial charge is 0.324 e. The van der Waals surface area contributed by atoms with E-state index in [1.165, 1.54) is 10.5 Å². The molecule has 0 aliphatic carbocycles. The minimum Gasteiger partial charge on any atom is -0.324 e. The van der Waals surface area contributed by atoms with Gasteiger partial charge < -0.3 is 10.2 Å². The number of imide groups is 1. The smallest absolute Gasteiger partial charge is 0.321 e. The number of likely N-dealkylation sites (tertiary alicyclic amines) is 2. The van der Waals surface area contributed by atoms with E-state index in [-0.39, 0.29) is 23.8 Å². The first-order valence-electron chi connectivity index (χ1n) is 7.90. The van der Waals surface area contributed by atoms with Gasteiger partial charge in [0.2, 0.25) is 11.8 Å². The van der Waals surface area contributed by atoms with Gasteiger partial charge in [0.25, 0.3) is 0 Å². The summed E-state index contributed by atoms with van der Waals surface area (Å²) in [5.41, 5.74) is 3.11. The molecule has 122 valence electrons. The molecule has 2 saturated heterocycles. The number of nitrogens with zero attached hydrogens (tertiary/aromatic N) is 2. The van der Waals surface area contributed by atoms with Crippen molar-refractivity contribution in [2.75, 3.05) is 25.0 Å². The lowest BCUT2D eigenvalue weighted by Crippen LogP contribution is -2.55. The lowest BCUT2D eigenvalue weighted by atomic mass is 10.00. The van der Waals surface area contributed by atoms with Gasteiger partial charge in [-0.2, -0.15) is 0 Å². The van der Waals surface area contributed by atoms with Gasteiger partial charge in [0, 0.05) is 44.1 Å². The maximum atomic E-state index is 12.2. The number of rotatable bonds is 3. The van der Waals surface area contributed by atoms with Crippen molar-refractivity contribution in [3.05, 3.63) is 29.3 Å². The van der Waals surface area contributed by atoms with Gasteiger partial charge >= 0.3 is 6.03 Å². The van der Waals surface area contributed by atoms with E-state index in [1.54, 1.807) is 4.90 Å². The molecule has 1 aromatic rings. The average molecular weight is 315 g/mol. The number of benzene rings is 1. The van der Waals surface area contributed by atoms with Crippen LogP contribution in [0.2, 0.25) is 0 Å². The van der Waals surface area contributed by atoms with Gasteiger partial charge in [-0.05, 0) is 37.1 Å². The molecule has 4 amide bonds. The van der Waals surface area contributed by atoms with Gasteiger partial charge in [0.05, 0.1) is 0 Å². The van der Waals surface area contributed by atoms with Crippen LogP contribution in [0.5, 0.6) is 0 Å². The maximum Gasteiger partial charge on any atom is 0.321 e. The molecule has 6 nitrogen and oxygen atoms in total. The van der Waals surface area contributed by atoms with Gasteiger partial charge in [-0.1, -0.05) is 6.07 Å². The normalized spacial score (nSPS) is 18.3. The lowest BCUT2D eigenvalue weighted by molar-refractivity contribution is -0.139. The van der Waals surface area contributed by atoms with Crippen molar-refractivity contribution >= 4 is 23.5 Å². The van der Waals surface area contributed by atoms with E-state index in [0.29, 0.717) is 32.5 Å². The minimum atomic E-state index is -0.136. The van der Waals surface area contributed by atoms with Crippen LogP contribution in [0.4, 0.5) is 10.5 Å². The molecule has 0 unspecified atom stereocenters. The quantitative estimate of drug-likeness (QED) is 0.866. The highest BCUT2D eigenvalue weighted by Gasteiger charge is 2.37. The van der Waals surface area contributed by atoms with Crippen molar-refractivity contribution in [3.63, 3.8) is 0 Å². The van der Waals surface area contributed by atoms with Crippen molar-refractivity contribution in [3.8, 4) is 0 Å². The first-order valence-corrected chi connectivity index (χ1v) is 7.90. The monoisotopic (exact) mass is 315 g/mol. The summed E-state index contributed by atoms with van der Waals surface area (Å²) in [7, 11) is 0. The Hall–Kier alpha value is -2.37. The molecule has 23 heavy (non-hydrogen) atoms. The second-order valence-corrected chi connectivity index (χ2v) is 6.40. The Morgan fingerprint density at radius 2 is 1.78 bits per heavy atom. The first-order chi connectivity index (χ1) is 10.9. The molecule has 0 saturated carbocycles. The highest BCUT2D eigenvalue weighted by Crippen LogP contribution is 2.22. The molecule has 6 heteroatoms. The Labute approximate surface area is 135 Å². The molecule has 3 rings (SSSR count). The minimum absolute atomic E-state index is 0.0898. The molecule has 2 aliphatic rings. The Morgan fingerprint density at radius 3 is 2.39 bits per heavy atom. The zero-order valence-electron chi connectivity index (χ0n) is 13.5. The van der Waals surface area contributed by atoms with E-state index in [1.807, 2.05) is 32.0 Å². The number of anilines is 1. The van der Waals surface area contributed by atoms with Crippen molar-refractivity contribution in [2.45, 2.75) is 26.7 Å². The number of aryl methyl sites for hydroxylation is 2. The molecule has 2 heterocycles. The van der Waals surface area contributed by atoms with Crippen LogP contribution in [-0.2, 0) is 9.59 Å². The third kappa shape index (κ3) is 3.21. The molecular weight excluding hydrogens is 294 g/mol. The molecule has 1 N–H and O–H groups in total. The van der Waals surface area contributed by atoms with Crippen molar-refractivity contribution in [1.82, 2.24) is 9.80 Å². The Kier molecular flexibility index (Phi) is 4.07. The molecule has 0 spiro atoms. The number of amides is 4. The molecule has 2 fully saturated rings. The molecule has 1 aromatic carbocycles. The van der Waals surface area contributed by atoms with Crippen LogP contribution in [-0.4, -0.2) is 47.3 Å². The van der Waals surface area contributed by atoms with Crippen LogP contribution in [0.15, 0.2) is 18.2 Å². The highest BCUT2D eigenvalue weighted by molar-refractivity contribution is 6.02. The fraction of sp³-hybridized carbons (Fsp3) is 0.471. The summed E-state index contributed by atoms with van der Waals surface area (Å²) in [4.78, 5) is 38.4. The summed E-state index contributed by atoms with van der Waals surface area (Å²) >= 11 is 0. The van der Waals surface area contributed by atoms with Gasteiger partial charge in [0.1, 0.15) is 0 Å². The number of carbonyl (C=O) groups is 3. The number of hydrogen-bond donors (Lipinski definition) is 1. The number of carbonyl (C=O) groups excluding carboxylic acids is 3. The van der Waals surface area contributed by atoms with Crippen LogP contribution < -0.4 is 5.32 Å². The summed E-state index contributed by atoms with van der Waals surface area (Å²) in [5.74, 6) is 0.00701. The van der Waals surface area contributed by atoms with Crippen LogP contribution in [0.3, 0.4) is 0 Å². The third-order valence-electron chi connectivity index (χ3n) is 4.60. The summed E-state index contributed by atoms with van der Waals surface area (Å²) in [6.45, 7) is 5.63. The SMILES string of the molecule is Cc1ccc(NC(=O)N2CC(CN3C(=O)CCC3=O)C2)cc1C. The van der Waals surface area contributed by atoms with Gasteiger partial charge in [-0.25, -0.2) is 4.79 Å². The van der Waals surface area contributed by atoms with E-state index < -0.39 is 0 Å². The fourth-order valence-electron chi connectivity index (χ4n) is 2.96. The van der Waals surface area contributed by atoms with Crippen LogP contribution in [0.25, 0.3) is 0 Å². The van der Waals surface area contributed by atoms with Crippen LogP contribution in [0, 0.1) is 19.8 Å². The number of hydrogen-bond acceptors (Lipinski definition) is 3. The highest BCUT2D eigenvalue weighted by atomic mass is 16.2. The predicted octanol–water partition coefficient (Wildman–Crippen LogP) is 1.92. The second kappa shape index (κ2) is 6.02. The summed E-state index contributed by atoms with van der Waals surface area (Å²) in [5, 5.41) is 2.88. The summed E-state index contributed by atoms with van der Waals surface area (Å²) in [6, 6.07) is 5.68.